The summed E-state index contributed by atoms with van der Waals surface area (Å²) in [5, 5.41) is 6.54. The van der Waals surface area contributed by atoms with Gasteiger partial charge in [-0.05, 0) is 58.8 Å². The number of carbonyl (C=O) groups excluding carboxylic acids is 1. The predicted molar refractivity (Wildman–Crippen MR) is 92.6 cm³/mol. The molecule has 0 aromatic rings. The highest BCUT2D eigenvalue weighted by atomic mass is 35.5. The average molecular weight is 340 g/mol. The van der Waals surface area contributed by atoms with Gasteiger partial charge < -0.3 is 15.5 Å². The van der Waals surface area contributed by atoms with Gasteiger partial charge in [0.25, 0.3) is 0 Å². The normalized spacial score (nSPS) is 21.5. The van der Waals surface area contributed by atoms with Crippen molar-refractivity contribution >= 4 is 30.7 Å². The second kappa shape index (κ2) is 9.88. The first-order valence-corrected chi connectivity index (χ1v) is 7.77. The first-order valence-electron chi connectivity index (χ1n) is 7.77. The Morgan fingerprint density at radius 2 is 1.76 bits per heavy atom. The number of halogens is 2. The molecule has 0 aromatic heterocycles. The highest BCUT2D eigenvalue weighted by Crippen LogP contribution is 2.33. The fourth-order valence-electron chi connectivity index (χ4n) is 3.50. The molecule has 2 N–H and O–H groups in total. The Labute approximate surface area is 141 Å². The first-order chi connectivity index (χ1) is 9.12. The van der Waals surface area contributed by atoms with E-state index in [-0.39, 0.29) is 36.3 Å². The van der Waals surface area contributed by atoms with Crippen LogP contribution in [0.4, 0.5) is 0 Å². The third-order valence-electron chi connectivity index (χ3n) is 5.03. The number of hydrogen-bond acceptors (Lipinski definition) is 3. The van der Waals surface area contributed by atoms with Gasteiger partial charge in [0.1, 0.15) is 0 Å². The Balaban J connectivity index is 0.00000200. The zero-order chi connectivity index (χ0) is 13.7. The van der Waals surface area contributed by atoms with E-state index in [1.54, 1.807) is 0 Å². The second-order valence-corrected chi connectivity index (χ2v) is 6.50. The minimum Gasteiger partial charge on any atom is -0.354 e. The number of nitrogens with one attached hydrogen (secondary N) is 2. The quantitative estimate of drug-likeness (QED) is 0.807. The van der Waals surface area contributed by atoms with Crippen LogP contribution >= 0.6 is 24.8 Å². The summed E-state index contributed by atoms with van der Waals surface area (Å²) in [5.74, 6) is 0.833. The fraction of sp³-hybridized carbons (Fsp3) is 0.933. The molecule has 1 saturated carbocycles. The Hall–Kier alpha value is -0.0300. The van der Waals surface area contributed by atoms with Crippen LogP contribution in [0.15, 0.2) is 0 Å². The number of likely N-dealkylation sites (N-methyl/N-ethyl adjacent to an activating group) is 1. The van der Waals surface area contributed by atoms with Gasteiger partial charge in [-0.2, -0.15) is 0 Å². The molecule has 0 unspecified atom stereocenters. The van der Waals surface area contributed by atoms with Crippen LogP contribution in [0.2, 0.25) is 0 Å². The van der Waals surface area contributed by atoms with Crippen molar-refractivity contribution in [2.75, 3.05) is 33.7 Å². The van der Waals surface area contributed by atoms with Gasteiger partial charge in [-0.1, -0.05) is 12.8 Å². The molecule has 0 aromatic carbocycles. The van der Waals surface area contributed by atoms with E-state index in [1.807, 2.05) is 0 Å². The molecule has 21 heavy (non-hydrogen) atoms. The topological polar surface area (TPSA) is 44.4 Å². The van der Waals surface area contributed by atoms with Gasteiger partial charge in [-0.15, -0.1) is 24.8 Å². The summed E-state index contributed by atoms with van der Waals surface area (Å²) in [6, 6.07) is 0. The molecule has 6 heteroatoms. The van der Waals surface area contributed by atoms with Gasteiger partial charge in [0.05, 0.1) is 0 Å². The number of nitrogens with zero attached hydrogens (tertiary/aromatic N) is 1. The summed E-state index contributed by atoms with van der Waals surface area (Å²) in [6.07, 6.45) is 8.02. The summed E-state index contributed by atoms with van der Waals surface area (Å²) in [7, 11) is 4.29. The molecule has 1 aliphatic heterocycles. The number of carbonyl (C=O) groups is 1. The van der Waals surface area contributed by atoms with Crippen molar-refractivity contribution in [2.45, 2.75) is 50.5 Å². The number of hydrogen-bond donors (Lipinski definition) is 2. The van der Waals surface area contributed by atoms with Crippen molar-refractivity contribution in [3.8, 4) is 0 Å². The van der Waals surface area contributed by atoms with Crippen molar-refractivity contribution in [1.29, 1.82) is 0 Å². The van der Waals surface area contributed by atoms with Crippen LogP contribution in [-0.4, -0.2) is 50.1 Å². The zero-order valence-corrected chi connectivity index (χ0v) is 15.0. The molecule has 2 aliphatic rings. The van der Waals surface area contributed by atoms with Gasteiger partial charge in [-0.25, -0.2) is 0 Å². The lowest BCUT2D eigenvalue weighted by atomic mass is 9.93. The third-order valence-corrected chi connectivity index (χ3v) is 5.03. The lowest BCUT2D eigenvalue weighted by Crippen LogP contribution is -2.51. The number of amides is 1. The molecule has 1 heterocycles. The summed E-state index contributed by atoms with van der Waals surface area (Å²) in [5.41, 5.74) is 0.212. The summed E-state index contributed by atoms with van der Waals surface area (Å²) >= 11 is 0. The van der Waals surface area contributed by atoms with E-state index in [0.717, 1.165) is 32.5 Å². The van der Waals surface area contributed by atoms with Crippen LogP contribution in [0.3, 0.4) is 0 Å². The van der Waals surface area contributed by atoms with E-state index < -0.39 is 0 Å². The zero-order valence-electron chi connectivity index (χ0n) is 13.3. The van der Waals surface area contributed by atoms with E-state index in [2.05, 4.69) is 29.6 Å². The molecule has 0 atom stereocenters. The Morgan fingerprint density at radius 1 is 1.19 bits per heavy atom. The minimum atomic E-state index is 0. The molecule has 0 spiro atoms. The Morgan fingerprint density at radius 3 is 2.29 bits per heavy atom. The summed E-state index contributed by atoms with van der Waals surface area (Å²) in [4.78, 5) is 14.4. The van der Waals surface area contributed by atoms with Crippen LogP contribution in [0.5, 0.6) is 0 Å². The SMILES string of the molecule is CN(C)C1(CNC(=O)CC2CCNCC2)CCCC1.Cl.Cl. The molecule has 1 amide bonds. The highest BCUT2D eigenvalue weighted by molar-refractivity contribution is 5.85. The standard InChI is InChI=1S/C15H29N3O.2ClH/c1-18(2)15(7-3-4-8-15)12-17-14(19)11-13-5-9-16-10-6-13;;/h13,16H,3-12H2,1-2H3,(H,17,19);2*1H. The van der Waals surface area contributed by atoms with Crippen molar-refractivity contribution < 1.29 is 4.79 Å². The summed E-state index contributed by atoms with van der Waals surface area (Å²) < 4.78 is 0. The fourth-order valence-corrected chi connectivity index (χ4v) is 3.50. The van der Waals surface area contributed by atoms with Crippen LogP contribution in [0.25, 0.3) is 0 Å². The van der Waals surface area contributed by atoms with Crippen molar-refractivity contribution in [3.05, 3.63) is 0 Å². The molecular formula is C15H31Cl2N3O. The minimum absolute atomic E-state index is 0. The molecule has 126 valence electrons. The van der Waals surface area contributed by atoms with E-state index >= 15 is 0 Å². The number of piperidine rings is 1. The molecule has 4 nitrogen and oxygen atoms in total. The van der Waals surface area contributed by atoms with Gasteiger partial charge in [-0.3, -0.25) is 4.79 Å². The van der Waals surface area contributed by atoms with Gasteiger partial charge in [0.15, 0.2) is 0 Å². The molecule has 1 saturated heterocycles. The molecule has 0 bridgehead atoms. The van der Waals surface area contributed by atoms with Gasteiger partial charge in [0.2, 0.25) is 5.91 Å². The molecule has 1 aliphatic carbocycles. The van der Waals surface area contributed by atoms with Crippen LogP contribution in [0, 0.1) is 5.92 Å². The monoisotopic (exact) mass is 339 g/mol. The largest absolute Gasteiger partial charge is 0.354 e. The molecule has 2 fully saturated rings. The maximum Gasteiger partial charge on any atom is 0.220 e. The predicted octanol–water partition coefficient (Wildman–Crippen LogP) is 2.21. The van der Waals surface area contributed by atoms with E-state index in [9.17, 15) is 4.79 Å². The Kier molecular flexibility index (Phi) is 9.87. The van der Waals surface area contributed by atoms with Gasteiger partial charge in [0, 0.05) is 18.5 Å². The average Bonchev–Trinajstić information content (AvgIpc) is 2.88. The van der Waals surface area contributed by atoms with Crippen molar-refractivity contribution in [1.82, 2.24) is 15.5 Å². The van der Waals surface area contributed by atoms with Crippen LogP contribution in [0.1, 0.15) is 44.9 Å². The van der Waals surface area contributed by atoms with Crippen molar-refractivity contribution in [3.63, 3.8) is 0 Å². The Bertz CT molecular complexity index is 301. The molecule has 0 radical (unpaired) electrons. The smallest absolute Gasteiger partial charge is 0.220 e. The highest BCUT2D eigenvalue weighted by Gasteiger charge is 2.36. The van der Waals surface area contributed by atoms with Gasteiger partial charge >= 0.3 is 0 Å². The lowest BCUT2D eigenvalue weighted by Gasteiger charge is -2.36. The summed E-state index contributed by atoms with van der Waals surface area (Å²) in [6.45, 7) is 2.96. The van der Waals surface area contributed by atoms with E-state index in [0.29, 0.717) is 12.3 Å². The maximum atomic E-state index is 12.1. The third kappa shape index (κ3) is 5.93. The first kappa shape index (κ1) is 21.0. The molecule has 2 rings (SSSR count). The van der Waals surface area contributed by atoms with Crippen molar-refractivity contribution in [2.24, 2.45) is 5.92 Å². The lowest BCUT2D eigenvalue weighted by molar-refractivity contribution is -0.122. The van der Waals surface area contributed by atoms with E-state index in [4.69, 9.17) is 0 Å². The number of rotatable bonds is 5. The molecular weight excluding hydrogens is 309 g/mol. The van der Waals surface area contributed by atoms with E-state index in [1.165, 1.54) is 25.7 Å². The van der Waals surface area contributed by atoms with Crippen LogP contribution in [-0.2, 0) is 4.79 Å². The maximum absolute atomic E-state index is 12.1. The second-order valence-electron chi connectivity index (χ2n) is 6.50. The van der Waals surface area contributed by atoms with Crippen LogP contribution < -0.4 is 10.6 Å².